The minimum absolute atomic E-state index is 0.240. The number of rotatable bonds is 5. The Kier molecular flexibility index (Phi) is 6.51. The van der Waals surface area contributed by atoms with Gasteiger partial charge in [0.05, 0.1) is 6.61 Å². The SMILES string of the molecule is Cc1c(NC(=O)c2ccccc2)ccc(OC2OC(CO)C(O)C(O)C2O)c1C. The summed E-state index contributed by atoms with van der Waals surface area (Å²) < 4.78 is 11.1. The molecule has 0 bridgehead atoms. The van der Waals surface area contributed by atoms with E-state index >= 15 is 0 Å². The fraction of sp³-hybridized carbons (Fsp3) is 0.381. The number of amides is 1. The number of hydrogen-bond donors (Lipinski definition) is 5. The van der Waals surface area contributed by atoms with Crippen LogP contribution in [-0.2, 0) is 4.74 Å². The van der Waals surface area contributed by atoms with Gasteiger partial charge < -0.3 is 35.2 Å². The first kappa shape index (κ1) is 21.2. The highest BCUT2D eigenvalue weighted by molar-refractivity contribution is 6.04. The molecule has 1 heterocycles. The number of benzene rings is 2. The van der Waals surface area contributed by atoms with E-state index in [2.05, 4.69) is 5.32 Å². The lowest BCUT2D eigenvalue weighted by Gasteiger charge is -2.39. The molecule has 1 aliphatic heterocycles. The zero-order valence-electron chi connectivity index (χ0n) is 16.1. The van der Waals surface area contributed by atoms with Gasteiger partial charge in [-0.3, -0.25) is 4.79 Å². The molecule has 1 fully saturated rings. The summed E-state index contributed by atoms with van der Waals surface area (Å²) in [5, 5.41) is 42.1. The topological polar surface area (TPSA) is 128 Å². The van der Waals surface area contributed by atoms with Crippen molar-refractivity contribution in [3.63, 3.8) is 0 Å². The zero-order chi connectivity index (χ0) is 21.1. The average molecular weight is 403 g/mol. The van der Waals surface area contributed by atoms with Gasteiger partial charge in [0, 0.05) is 11.3 Å². The number of anilines is 1. The molecule has 5 unspecified atom stereocenters. The Bertz CT molecular complexity index is 856. The fourth-order valence-corrected chi connectivity index (χ4v) is 3.13. The largest absolute Gasteiger partial charge is 0.462 e. The molecule has 0 aliphatic carbocycles. The molecule has 8 heteroatoms. The molecule has 0 aromatic heterocycles. The number of nitrogens with one attached hydrogen (secondary N) is 1. The molecular weight excluding hydrogens is 378 g/mol. The zero-order valence-corrected chi connectivity index (χ0v) is 16.1. The van der Waals surface area contributed by atoms with Crippen LogP contribution in [0.25, 0.3) is 0 Å². The molecule has 1 amide bonds. The standard InChI is InChI=1S/C21H25NO7/c1-11-12(2)15(28-21-19(26)18(25)17(24)16(10-23)29-21)9-8-14(11)22-20(27)13-6-4-3-5-7-13/h3-9,16-19,21,23-26H,10H2,1-2H3,(H,22,27). The first-order valence-corrected chi connectivity index (χ1v) is 9.27. The van der Waals surface area contributed by atoms with E-state index in [1.165, 1.54) is 0 Å². The van der Waals surface area contributed by atoms with Gasteiger partial charge in [-0.1, -0.05) is 18.2 Å². The number of aliphatic hydroxyl groups is 4. The second-order valence-corrected chi connectivity index (χ2v) is 7.00. The van der Waals surface area contributed by atoms with Gasteiger partial charge >= 0.3 is 0 Å². The van der Waals surface area contributed by atoms with E-state index in [1.54, 1.807) is 43.3 Å². The third kappa shape index (κ3) is 4.42. The number of carbonyl (C=O) groups is 1. The van der Waals surface area contributed by atoms with E-state index in [0.717, 1.165) is 5.56 Å². The Morgan fingerprint density at radius 2 is 1.69 bits per heavy atom. The maximum atomic E-state index is 12.4. The van der Waals surface area contributed by atoms with Crippen LogP contribution in [0.2, 0.25) is 0 Å². The van der Waals surface area contributed by atoms with Gasteiger partial charge in [0.1, 0.15) is 30.2 Å². The predicted molar refractivity (Wildman–Crippen MR) is 105 cm³/mol. The van der Waals surface area contributed by atoms with Gasteiger partial charge in [0.15, 0.2) is 0 Å². The molecule has 0 spiro atoms. The number of hydrogen-bond acceptors (Lipinski definition) is 7. The molecule has 5 N–H and O–H groups in total. The van der Waals surface area contributed by atoms with Gasteiger partial charge in [-0.2, -0.15) is 0 Å². The number of carbonyl (C=O) groups excluding carboxylic acids is 1. The minimum atomic E-state index is -1.52. The Labute approximate surface area is 168 Å². The van der Waals surface area contributed by atoms with Gasteiger partial charge in [-0.15, -0.1) is 0 Å². The van der Waals surface area contributed by atoms with Crippen LogP contribution >= 0.6 is 0 Å². The average Bonchev–Trinajstić information content (AvgIpc) is 2.74. The lowest BCUT2D eigenvalue weighted by Crippen LogP contribution is -2.60. The van der Waals surface area contributed by atoms with Crippen LogP contribution in [0.1, 0.15) is 21.5 Å². The van der Waals surface area contributed by atoms with Crippen molar-refractivity contribution in [3.05, 3.63) is 59.2 Å². The molecule has 2 aromatic carbocycles. The number of aliphatic hydroxyl groups excluding tert-OH is 4. The van der Waals surface area contributed by atoms with Crippen LogP contribution in [0.15, 0.2) is 42.5 Å². The molecule has 8 nitrogen and oxygen atoms in total. The van der Waals surface area contributed by atoms with Crippen LogP contribution in [0, 0.1) is 13.8 Å². The minimum Gasteiger partial charge on any atom is -0.462 e. The van der Waals surface area contributed by atoms with Gasteiger partial charge in [-0.25, -0.2) is 0 Å². The summed E-state index contributed by atoms with van der Waals surface area (Å²) in [6, 6.07) is 12.1. The highest BCUT2D eigenvalue weighted by Crippen LogP contribution is 2.31. The van der Waals surface area contributed by atoms with Crippen molar-refractivity contribution < 1.29 is 34.7 Å². The summed E-state index contributed by atoms with van der Waals surface area (Å²) in [6.07, 6.45) is -6.78. The lowest BCUT2D eigenvalue weighted by atomic mass is 9.99. The van der Waals surface area contributed by atoms with E-state index in [4.69, 9.17) is 9.47 Å². The third-order valence-electron chi connectivity index (χ3n) is 5.11. The predicted octanol–water partition coefficient (Wildman–Crippen LogP) is 0.734. The summed E-state index contributed by atoms with van der Waals surface area (Å²) in [5.74, 6) is 0.139. The summed E-state index contributed by atoms with van der Waals surface area (Å²) in [6.45, 7) is 3.07. The monoisotopic (exact) mass is 403 g/mol. The number of ether oxygens (including phenoxy) is 2. The van der Waals surface area contributed by atoms with Crippen LogP contribution in [0.5, 0.6) is 5.75 Å². The summed E-state index contributed by atoms with van der Waals surface area (Å²) in [7, 11) is 0. The third-order valence-corrected chi connectivity index (χ3v) is 5.11. The molecular formula is C21H25NO7. The molecule has 1 saturated heterocycles. The Hall–Kier alpha value is -2.49. The molecule has 29 heavy (non-hydrogen) atoms. The highest BCUT2D eigenvalue weighted by atomic mass is 16.7. The molecule has 5 atom stereocenters. The Morgan fingerprint density at radius 1 is 1.00 bits per heavy atom. The van der Waals surface area contributed by atoms with E-state index in [1.807, 2.05) is 13.0 Å². The van der Waals surface area contributed by atoms with Crippen molar-refractivity contribution in [3.8, 4) is 5.75 Å². The van der Waals surface area contributed by atoms with Crippen LogP contribution in [-0.4, -0.2) is 63.6 Å². The smallest absolute Gasteiger partial charge is 0.255 e. The van der Waals surface area contributed by atoms with Crippen molar-refractivity contribution in [2.24, 2.45) is 0 Å². The summed E-state index contributed by atoms with van der Waals surface area (Å²) in [5.41, 5.74) is 2.60. The quantitative estimate of drug-likeness (QED) is 0.498. The lowest BCUT2D eigenvalue weighted by molar-refractivity contribution is -0.277. The van der Waals surface area contributed by atoms with Crippen LogP contribution < -0.4 is 10.1 Å². The van der Waals surface area contributed by atoms with Gasteiger partial charge in [-0.05, 0) is 49.2 Å². The van der Waals surface area contributed by atoms with Crippen molar-refractivity contribution in [2.75, 3.05) is 11.9 Å². The Morgan fingerprint density at radius 3 is 2.34 bits per heavy atom. The first-order valence-electron chi connectivity index (χ1n) is 9.27. The van der Waals surface area contributed by atoms with E-state index < -0.39 is 37.3 Å². The van der Waals surface area contributed by atoms with E-state index in [9.17, 15) is 25.2 Å². The van der Waals surface area contributed by atoms with Crippen LogP contribution in [0.3, 0.4) is 0 Å². The molecule has 0 saturated carbocycles. The van der Waals surface area contributed by atoms with Gasteiger partial charge in [0.2, 0.25) is 6.29 Å². The molecule has 2 aromatic rings. The molecule has 156 valence electrons. The first-order chi connectivity index (χ1) is 13.8. The summed E-state index contributed by atoms with van der Waals surface area (Å²) in [4.78, 5) is 12.4. The maximum Gasteiger partial charge on any atom is 0.255 e. The van der Waals surface area contributed by atoms with E-state index in [-0.39, 0.29) is 5.91 Å². The van der Waals surface area contributed by atoms with E-state index in [0.29, 0.717) is 22.6 Å². The molecule has 3 rings (SSSR count). The van der Waals surface area contributed by atoms with Crippen LogP contribution in [0.4, 0.5) is 5.69 Å². The van der Waals surface area contributed by atoms with Crippen molar-refractivity contribution in [1.82, 2.24) is 0 Å². The maximum absolute atomic E-state index is 12.4. The Balaban J connectivity index is 1.76. The van der Waals surface area contributed by atoms with Gasteiger partial charge in [0.25, 0.3) is 5.91 Å². The van der Waals surface area contributed by atoms with Crippen molar-refractivity contribution in [2.45, 2.75) is 44.6 Å². The van der Waals surface area contributed by atoms with Crippen molar-refractivity contribution in [1.29, 1.82) is 0 Å². The second kappa shape index (κ2) is 8.89. The normalized spacial score (nSPS) is 26.8. The van der Waals surface area contributed by atoms with Crippen molar-refractivity contribution >= 4 is 11.6 Å². The molecule has 1 aliphatic rings. The second-order valence-electron chi connectivity index (χ2n) is 7.00. The molecule has 0 radical (unpaired) electrons. The summed E-state index contributed by atoms with van der Waals surface area (Å²) >= 11 is 0. The highest BCUT2D eigenvalue weighted by Gasteiger charge is 2.44. The fourth-order valence-electron chi connectivity index (χ4n) is 3.13.